The SMILES string of the molecule is CNCc1ccc(-c2cn(C)nc2C(C)C)c(C)c1. The van der Waals surface area contributed by atoms with E-state index in [1.165, 1.54) is 27.9 Å². The average Bonchev–Trinajstić information content (AvgIpc) is 2.72. The van der Waals surface area contributed by atoms with Gasteiger partial charge in [0.1, 0.15) is 0 Å². The molecule has 1 aromatic heterocycles. The largest absolute Gasteiger partial charge is 0.316 e. The smallest absolute Gasteiger partial charge is 0.0728 e. The van der Waals surface area contributed by atoms with E-state index < -0.39 is 0 Å². The van der Waals surface area contributed by atoms with Gasteiger partial charge in [0.05, 0.1) is 5.69 Å². The number of rotatable bonds is 4. The van der Waals surface area contributed by atoms with Crippen LogP contribution in [0.5, 0.6) is 0 Å². The van der Waals surface area contributed by atoms with Crippen molar-refractivity contribution in [1.29, 1.82) is 0 Å². The van der Waals surface area contributed by atoms with Gasteiger partial charge in [-0.05, 0) is 36.6 Å². The summed E-state index contributed by atoms with van der Waals surface area (Å²) in [6.45, 7) is 7.46. The minimum Gasteiger partial charge on any atom is -0.316 e. The van der Waals surface area contributed by atoms with Gasteiger partial charge in [-0.3, -0.25) is 4.68 Å². The molecule has 0 aliphatic rings. The summed E-state index contributed by atoms with van der Waals surface area (Å²) in [4.78, 5) is 0. The third-order valence-electron chi connectivity index (χ3n) is 3.37. The molecule has 0 atom stereocenters. The lowest BCUT2D eigenvalue weighted by Gasteiger charge is -2.10. The summed E-state index contributed by atoms with van der Waals surface area (Å²) in [5, 5.41) is 7.78. The van der Waals surface area contributed by atoms with Gasteiger partial charge in [-0.1, -0.05) is 32.0 Å². The van der Waals surface area contributed by atoms with E-state index in [-0.39, 0.29) is 0 Å². The molecule has 1 N–H and O–H groups in total. The number of nitrogens with zero attached hydrogens (tertiary/aromatic N) is 2. The Morgan fingerprint density at radius 3 is 2.58 bits per heavy atom. The normalized spacial score (nSPS) is 11.3. The first kappa shape index (κ1) is 13.8. The molecule has 0 unspecified atom stereocenters. The molecule has 0 saturated carbocycles. The number of hydrogen-bond acceptors (Lipinski definition) is 2. The minimum absolute atomic E-state index is 0.438. The van der Waals surface area contributed by atoms with Gasteiger partial charge in [0.15, 0.2) is 0 Å². The van der Waals surface area contributed by atoms with E-state index in [2.05, 4.69) is 55.6 Å². The summed E-state index contributed by atoms with van der Waals surface area (Å²) in [5.74, 6) is 0.438. The zero-order valence-corrected chi connectivity index (χ0v) is 12.5. The number of aryl methyl sites for hydroxylation is 2. The highest BCUT2D eigenvalue weighted by Crippen LogP contribution is 2.30. The summed E-state index contributed by atoms with van der Waals surface area (Å²) in [5.41, 5.74) is 6.34. The molecule has 0 spiro atoms. The van der Waals surface area contributed by atoms with E-state index in [1.807, 2.05) is 18.8 Å². The predicted molar refractivity (Wildman–Crippen MR) is 80.2 cm³/mol. The van der Waals surface area contributed by atoms with Crippen molar-refractivity contribution >= 4 is 0 Å². The molecular formula is C16H23N3. The highest BCUT2D eigenvalue weighted by Gasteiger charge is 2.14. The molecule has 1 heterocycles. The predicted octanol–water partition coefficient (Wildman–Crippen LogP) is 3.24. The Morgan fingerprint density at radius 1 is 1.26 bits per heavy atom. The maximum atomic E-state index is 4.59. The molecule has 1 aromatic carbocycles. The minimum atomic E-state index is 0.438. The maximum absolute atomic E-state index is 4.59. The first-order valence-corrected chi connectivity index (χ1v) is 6.81. The fourth-order valence-electron chi connectivity index (χ4n) is 2.48. The summed E-state index contributed by atoms with van der Waals surface area (Å²) in [6.07, 6.45) is 2.12. The Hall–Kier alpha value is -1.61. The van der Waals surface area contributed by atoms with Crippen molar-refractivity contribution in [3.63, 3.8) is 0 Å². The fraction of sp³-hybridized carbons (Fsp3) is 0.438. The van der Waals surface area contributed by atoms with Crippen LogP contribution in [0.3, 0.4) is 0 Å². The molecule has 0 radical (unpaired) electrons. The molecule has 19 heavy (non-hydrogen) atoms. The second kappa shape index (κ2) is 5.57. The van der Waals surface area contributed by atoms with E-state index in [0.29, 0.717) is 5.92 Å². The maximum Gasteiger partial charge on any atom is 0.0728 e. The van der Waals surface area contributed by atoms with Crippen LogP contribution in [0.15, 0.2) is 24.4 Å². The van der Waals surface area contributed by atoms with Crippen molar-refractivity contribution in [2.75, 3.05) is 7.05 Å². The van der Waals surface area contributed by atoms with Crippen LogP contribution in [0.1, 0.15) is 36.6 Å². The lowest BCUT2D eigenvalue weighted by atomic mass is 9.95. The van der Waals surface area contributed by atoms with Crippen LogP contribution < -0.4 is 5.32 Å². The van der Waals surface area contributed by atoms with Gasteiger partial charge in [-0.15, -0.1) is 0 Å². The van der Waals surface area contributed by atoms with Crippen molar-refractivity contribution in [2.45, 2.75) is 33.2 Å². The second-order valence-electron chi connectivity index (χ2n) is 5.44. The Kier molecular flexibility index (Phi) is 4.05. The van der Waals surface area contributed by atoms with Gasteiger partial charge < -0.3 is 5.32 Å². The summed E-state index contributed by atoms with van der Waals surface area (Å²) in [7, 11) is 3.96. The zero-order valence-electron chi connectivity index (χ0n) is 12.5. The Bertz CT molecular complexity index is 567. The van der Waals surface area contributed by atoms with Crippen molar-refractivity contribution in [3.05, 3.63) is 41.2 Å². The lowest BCUT2D eigenvalue weighted by Crippen LogP contribution is -2.05. The van der Waals surface area contributed by atoms with Gasteiger partial charge in [0.2, 0.25) is 0 Å². The lowest BCUT2D eigenvalue weighted by molar-refractivity contribution is 0.713. The van der Waals surface area contributed by atoms with Crippen molar-refractivity contribution < 1.29 is 0 Å². The van der Waals surface area contributed by atoms with E-state index >= 15 is 0 Å². The summed E-state index contributed by atoms with van der Waals surface area (Å²) >= 11 is 0. The van der Waals surface area contributed by atoms with Gasteiger partial charge in [-0.25, -0.2) is 0 Å². The molecule has 3 heteroatoms. The van der Waals surface area contributed by atoms with Gasteiger partial charge in [0.25, 0.3) is 0 Å². The Morgan fingerprint density at radius 2 is 2.00 bits per heavy atom. The Balaban J connectivity index is 2.47. The molecule has 0 fully saturated rings. The zero-order chi connectivity index (χ0) is 14.0. The number of nitrogens with one attached hydrogen (secondary N) is 1. The molecule has 0 aliphatic carbocycles. The molecule has 0 bridgehead atoms. The highest BCUT2D eigenvalue weighted by atomic mass is 15.3. The molecule has 0 amide bonds. The standard InChI is InChI=1S/C16H23N3/c1-11(2)16-15(10-19(5)18-16)14-7-6-13(9-17-4)8-12(14)3/h6-8,10-11,17H,9H2,1-5H3. The van der Waals surface area contributed by atoms with Crippen LogP contribution in [0.2, 0.25) is 0 Å². The van der Waals surface area contributed by atoms with Gasteiger partial charge in [-0.2, -0.15) is 5.10 Å². The van der Waals surface area contributed by atoms with Crippen molar-refractivity contribution in [3.8, 4) is 11.1 Å². The molecule has 0 aliphatic heterocycles. The van der Waals surface area contributed by atoms with Crippen LogP contribution in [0.4, 0.5) is 0 Å². The molecule has 102 valence electrons. The fourth-order valence-corrected chi connectivity index (χ4v) is 2.48. The van der Waals surface area contributed by atoms with Crippen LogP contribution >= 0.6 is 0 Å². The van der Waals surface area contributed by atoms with E-state index in [4.69, 9.17) is 0 Å². The molecule has 3 nitrogen and oxygen atoms in total. The number of benzene rings is 1. The second-order valence-corrected chi connectivity index (χ2v) is 5.44. The van der Waals surface area contributed by atoms with Gasteiger partial charge >= 0.3 is 0 Å². The van der Waals surface area contributed by atoms with Crippen LogP contribution in [-0.2, 0) is 13.6 Å². The number of aromatic nitrogens is 2. The molecule has 0 saturated heterocycles. The van der Waals surface area contributed by atoms with Crippen LogP contribution in [0, 0.1) is 6.92 Å². The van der Waals surface area contributed by atoms with E-state index in [9.17, 15) is 0 Å². The molecule has 2 rings (SSSR count). The monoisotopic (exact) mass is 257 g/mol. The van der Waals surface area contributed by atoms with E-state index in [1.54, 1.807) is 0 Å². The third-order valence-corrected chi connectivity index (χ3v) is 3.37. The average molecular weight is 257 g/mol. The van der Waals surface area contributed by atoms with E-state index in [0.717, 1.165) is 6.54 Å². The summed E-state index contributed by atoms with van der Waals surface area (Å²) in [6, 6.07) is 6.66. The highest BCUT2D eigenvalue weighted by molar-refractivity contribution is 5.69. The first-order chi connectivity index (χ1) is 9.02. The third kappa shape index (κ3) is 2.87. The van der Waals surface area contributed by atoms with Crippen molar-refractivity contribution in [1.82, 2.24) is 15.1 Å². The number of hydrogen-bond donors (Lipinski definition) is 1. The van der Waals surface area contributed by atoms with Crippen molar-refractivity contribution in [2.24, 2.45) is 7.05 Å². The quantitative estimate of drug-likeness (QED) is 0.911. The topological polar surface area (TPSA) is 29.9 Å². The molecular weight excluding hydrogens is 234 g/mol. The van der Waals surface area contributed by atoms with Crippen LogP contribution in [0.25, 0.3) is 11.1 Å². The van der Waals surface area contributed by atoms with Crippen LogP contribution in [-0.4, -0.2) is 16.8 Å². The Labute approximate surface area is 115 Å². The first-order valence-electron chi connectivity index (χ1n) is 6.81. The molecule has 2 aromatic rings. The van der Waals surface area contributed by atoms with Gasteiger partial charge in [0, 0.05) is 25.4 Å². The summed E-state index contributed by atoms with van der Waals surface area (Å²) < 4.78 is 1.91.